The van der Waals surface area contributed by atoms with Crippen LogP contribution in [0.25, 0.3) is 0 Å². The van der Waals surface area contributed by atoms with Gasteiger partial charge in [-0.15, -0.1) is 12.4 Å². The van der Waals surface area contributed by atoms with E-state index in [4.69, 9.17) is 5.73 Å². The topological polar surface area (TPSA) is 75.4 Å². The highest BCUT2D eigenvalue weighted by Gasteiger charge is 2.16. The van der Waals surface area contributed by atoms with Crippen LogP contribution in [-0.4, -0.2) is 54.4 Å². The Morgan fingerprint density at radius 3 is 2.47 bits per heavy atom. The van der Waals surface area contributed by atoms with Crippen molar-refractivity contribution in [2.24, 2.45) is 5.73 Å². The van der Waals surface area contributed by atoms with Crippen molar-refractivity contribution in [1.82, 2.24) is 10.2 Å². The van der Waals surface area contributed by atoms with Crippen LogP contribution in [0.3, 0.4) is 0 Å². The molecule has 0 saturated carbocycles. The predicted octanol–water partition coefficient (Wildman–Crippen LogP) is -0.941. The molecule has 0 spiro atoms. The normalized spacial score (nSPS) is 15.4. The molecule has 1 saturated heterocycles. The van der Waals surface area contributed by atoms with E-state index < -0.39 is 0 Å². The van der Waals surface area contributed by atoms with Gasteiger partial charge in [-0.1, -0.05) is 0 Å². The molecule has 0 unspecified atom stereocenters. The van der Waals surface area contributed by atoms with Crippen molar-refractivity contribution in [3.05, 3.63) is 0 Å². The van der Waals surface area contributed by atoms with Gasteiger partial charge in [0.05, 0.1) is 13.1 Å². The van der Waals surface area contributed by atoms with Gasteiger partial charge in [-0.05, 0) is 0 Å². The van der Waals surface area contributed by atoms with Crippen molar-refractivity contribution >= 4 is 36.0 Å². The van der Waals surface area contributed by atoms with Crippen LogP contribution in [0.15, 0.2) is 0 Å². The maximum atomic E-state index is 11.5. The number of carbonyl (C=O) groups is 2. The molecule has 0 aliphatic carbocycles. The summed E-state index contributed by atoms with van der Waals surface area (Å²) in [5, 5.41) is 2.47. The Labute approximate surface area is 99.5 Å². The third-order valence-electron chi connectivity index (χ3n) is 1.99. The Morgan fingerprint density at radius 2 is 1.93 bits per heavy atom. The maximum Gasteiger partial charge on any atom is 0.242 e. The van der Waals surface area contributed by atoms with E-state index in [-0.39, 0.29) is 37.3 Å². The minimum absolute atomic E-state index is 0. The van der Waals surface area contributed by atoms with Gasteiger partial charge in [0.25, 0.3) is 0 Å². The first-order valence-electron chi connectivity index (χ1n) is 4.56. The smallest absolute Gasteiger partial charge is 0.242 e. The molecule has 0 aromatic heterocycles. The molecule has 1 rings (SSSR count). The SMILES string of the molecule is Cl.NCC(=O)NCC(=O)N1CCSCC1. The van der Waals surface area contributed by atoms with Crippen molar-refractivity contribution in [2.75, 3.05) is 37.7 Å². The average molecular weight is 254 g/mol. The molecule has 0 aromatic carbocycles. The Bertz CT molecular complexity index is 222. The zero-order chi connectivity index (χ0) is 10.4. The van der Waals surface area contributed by atoms with Gasteiger partial charge in [-0.2, -0.15) is 11.8 Å². The number of thioether (sulfide) groups is 1. The summed E-state index contributed by atoms with van der Waals surface area (Å²) in [4.78, 5) is 24.0. The minimum Gasteiger partial charge on any atom is -0.346 e. The van der Waals surface area contributed by atoms with Crippen LogP contribution in [-0.2, 0) is 9.59 Å². The lowest BCUT2D eigenvalue weighted by atomic mass is 10.4. The number of carbonyl (C=O) groups excluding carboxylic acids is 2. The first-order chi connectivity index (χ1) is 6.74. The highest BCUT2D eigenvalue weighted by atomic mass is 35.5. The zero-order valence-electron chi connectivity index (χ0n) is 8.40. The molecule has 0 aromatic rings. The van der Waals surface area contributed by atoms with Crippen LogP contribution >= 0.6 is 24.2 Å². The zero-order valence-corrected chi connectivity index (χ0v) is 10.0. The molecule has 0 radical (unpaired) electrons. The fourth-order valence-electron chi connectivity index (χ4n) is 1.17. The van der Waals surface area contributed by atoms with E-state index in [1.165, 1.54) is 0 Å². The van der Waals surface area contributed by atoms with Crippen molar-refractivity contribution in [2.45, 2.75) is 0 Å². The third-order valence-corrected chi connectivity index (χ3v) is 2.93. The van der Waals surface area contributed by atoms with E-state index in [0.717, 1.165) is 24.6 Å². The van der Waals surface area contributed by atoms with Crippen LogP contribution in [0.4, 0.5) is 0 Å². The third kappa shape index (κ3) is 5.25. The van der Waals surface area contributed by atoms with Crippen molar-refractivity contribution in [3.63, 3.8) is 0 Å². The molecule has 7 heteroatoms. The second-order valence-electron chi connectivity index (χ2n) is 2.97. The highest BCUT2D eigenvalue weighted by Crippen LogP contribution is 2.08. The largest absolute Gasteiger partial charge is 0.346 e. The maximum absolute atomic E-state index is 11.5. The van der Waals surface area contributed by atoms with E-state index in [2.05, 4.69) is 5.32 Å². The number of nitrogens with zero attached hydrogens (tertiary/aromatic N) is 1. The second-order valence-corrected chi connectivity index (χ2v) is 4.20. The Balaban J connectivity index is 0.00000196. The number of rotatable bonds is 3. The lowest BCUT2D eigenvalue weighted by Crippen LogP contribution is -2.45. The van der Waals surface area contributed by atoms with Gasteiger partial charge in [0, 0.05) is 24.6 Å². The van der Waals surface area contributed by atoms with Crippen LogP contribution in [0.1, 0.15) is 0 Å². The molecule has 2 amide bonds. The molecule has 5 nitrogen and oxygen atoms in total. The number of halogens is 1. The summed E-state index contributed by atoms with van der Waals surface area (Å²) in [5.74, 6) is 1.66. The summed E-state index contributed by atoms with van der Waals surface area (Å²) in [5.41, 5.74) is 5.10. The monoisotopic (exact) mass is 253 g/mol. The summed E-state index contributed by atoms with van der Waals surface area (Å²) in [6.45, 7) is 1.56. The standard InChI is InChI=1S/C8H15N3O2S.ClH/c9-5-7(12)10-6-8(13)11-1-3-14-4-2-11;/h1-6,9H2,(H,10,12);1H. The molecular weight excluding hydrogens is 238 g/mol. The summed E-state index contributed by atoms with van der Waals surface area (Å²) in [6, 6.07) is 0. The number of hydrogen-bond donors (Lipinski definition) is 2. The van der Waals surface area contributed by atoms with Crippen LogP contribution in [0, 0.1) is 0 Å². The molecule has 1 fully saturated rings. The fraction of sp³-hybridized carbons (Fsp3) is 0.750. The van der Waals surface area contributed by atoms with Gasteiger partial charge in [-0.3, -0.25) is 9.59 Å². The quantitative estimate of drug-likeness (QED) is 0.681. The summed E-state index contributed by atoms with van der Waals surface area (Å²) < 4.78 is 0. The fourth-order valence-corrected chi connectivity index (χ4v) is 2.07. The lowest BCUT2D eigenvalue weighted by Gasteiger charge is -2.26. The summed E-state index contributed by atoms with van der Waals surface area (Å²) >= 11 is 1.84. The van der Waals surface area contributed by atoms with Gasteiger partial charge in [0.1, 0.15) is 0 Å². The summed E-state index contributed by atoms with van der Waals surface area (Å²) in [6.07, 6.45) is 0. The van der Waals surface area contributed by atoms with Crippen molar-refractivity contribution in [1.29, 1.82) is 0 Å². The average Bonchev–Trinajstić information content (AvgIpc) is 2.26. The Kier molecular flexibility index (Phi) is 7.54. The number of hydrogen-bond acceptors (Lipinski definition) is 4. The van der Waals surface area contributed by atoms with Gasteiger partial charge in [0.2, 0.25) is 11.8 Å². The predicted molar refractivity (Wildman–Crippen MR) is 63.2 cm³/mol. The van der Waals surface area contributed by atoms with E-state index >= 15 is 0 Å². The van der Waals surface area contributed by atoms with Crippen LogP contribution in [0.2, 0.25) is 0 Å². The lowest BCUT2D eigenvalue weighted by molar-refractivity contribution is -0.132. The molecule has 88 valence electrons. The van der Waals surface area contributed by atoms with Gasteiger partial charge in [0.15, 0.2) is 0 Å². The highest BCUT2D eigenvalue weighted by molar-refractivity contribution is 7.99. The van der Waals surface area contributed by atoms with E-state index in [1.54, 1.807) is 4.90 Å². The Hall–Kier alpha value is -0.460. The number of nitrogens with one attached hydrogen (secondary N) is 1. The molecule has 0 bridgehead atoms. The minimum atomic E-state index is -0.287. The van der Waals surface area contributed by atoms with Gasteiger partial charge >= 0.3 is 0 Å². The van der Waals surface area contributed by atoms with Crippen LogP contribution in [0.5, 0.6) is 0 Å². The first-order valence-corrected chi connectivity index (χ1v) is 5.72. The molecule has 1 heterocycles. The second kappa shape index (κ2) is 7.78. The van der Waals surface area contributed by atoms with E-state index in [9.17, 15) is 9.59 Å². The molecule has 3 N–H and O–H groups in total. The molecule has 1 aliphatic rings. The molecule has 15 heavy (non-hydrogen) atoms. The van der Waals surface area contributed by atoms with Crippen molar-refractivity contribution < 1.29 is 9.59 Å². The Morgan fingerprint density at radius 1 is 1.33 bits per heavy atom. The number of nitrogens with two attached hydrogens (primary N) is 1. The van der Waals surface area contributed by atoms with Crippen molar-refractivity contribution in [3.8, 4) is 0 Å². The van der Waals surface area contributed by atoms with Crippen LogP contribution < -0.4 is 11.1 Å². The molecular formula is C8H16ClN3O2S. The summed E-state index contributed by atoms with van der Waals surface area (Å²) in [7, 11) is 0. The van der Waals surface area contributed by atoms with Gasteiger partial charge in [-0.25, -0.2) is 0 Å². The van der Waals surface area contributed by atoms with Gasteiger partial charge < -0.3 is 16.0 Å². The van der Waals surface area contributed by atoms with E-state index in [1.807, 2.05) is 11.8 Å². The molecule has 1 aliphatic heterocycles. The molecule has 0 atom stereocenters. The first kappa shape index (κ1) is 14.5. The number of amides is 2. The van der Waals surface area contributed by atoms with E-state index in [0.29, 0.717) is 0 Å².